The summed E-state index contributed by atoms with van der Waals surface area (Å²) >= 11 is 0. The van der Waals surface area contributed by atoms with Crippen LogP contribution in [0.25, 0.3) is 0 Å². The average molecular weight is 278 g/mol. The van der Waals surface area contributed by atoms with Crippen LogP contribution in [0.4, 0.5) is 11.4 Å². The second-order valence-electron chi connectivity index (χ2n) is 5.25. The van der Waals surface area contributed by atoms with Gasteiger partial charge < -0.3 is 10.1 Å². The summed E-state index contributed by atoms with van der Waals surface area (Å²) < 4.78 is 5.74. The number of para-hydroxylation sites is 1. The number of nitro groups is 1. The number of nitrogens with zero attached hydrogens (tertiary/aromatic N) is 1. The van der Waals surface area contributed by atoms with Crippen LogP contribution in [-0.4, -0.2) is 18.1 Å². The first-order valence-electron chi connectivity index (χ1n) is 7.36. The maximum Gasteiger partial charge on any atom is 0.333 e. The molecular weight excluding hydrogens is 256 g/mol. The van der Waals surface area contributed by atoms with E-state index < -0.39 is 0 Å². The molecule has 5 heteroatoms. The molecule has 0 aromatic heterocycles. The van der Waals surface area contributed by atoms with Gasteiger partial charge in [-0.3, -0.25) is 10.1 Å². The Morgan fingerprint density at radius 3 is 2.75 bits per heavy atom. The van der Waals surface area contributed by atoms with Crippen LogP contribution >= 0.6 is 0 Å². The van der Waals surface area contributed by atoms with Crippen molar-refractivity contribution in [2.75, 3.05) is 18.5 Å². The van der Waals surface area contributed by atoms with Crippen LogP contribution in [0, 0.1) is 16.0 Å². The van der Waals surface area contributed by atoms with Gasteiger partial charge in [-0.15, -0.1) is 0 Å². The Morgan fingerprint density at radius 2 is 2.10 bits per heavy atom. The number of benzene rings is 1. The third kappa shape index (κ3) is 3.62. The van der Waals surface area contributed by atoms with Crippen molar-refractivity contribution in [2.24, 2.45) is 5.92 Å². The lowest BCUT2D eigenvalue weighted by atomic mass is 9.90. The van der Waals surface area contributed by atoms with Crippen molar-refractivity contribution >= 4 is 11.4 Å². The van der Waals surface area contributed by atoms with Gasteiger partial charge in [-0.2, -0.15) is 0 Å². The Hall–Kier alpha value is -1.78. The smallest absolute Gasteiger partial charge is 0.333 e. The van der Waals surface area contributed by atoms with E-state index in [1.165, 1.54) is 32.1 Å². The lowest BCUT2D eigenvalue weighted by molar-refractivity contribution is -0.385. The van der Waals surface area contributed by atoms with Gasteiger partial charge in [-0.05, 0) is 37.8 Å². The van der Waals surface area contributed by atoms with Gasteiger partial charge in [0.1, 0.15) is 5.69 Å². The fraction of sp³-hybridized carbons (Fsp3) is 0.600. The summed E-state index contributed by atoms with van der Waals surface area (Å²) in [5.41, 5.74) is 0.573. The molecule has 5 nitrogen and oxygen atoms in total. The second-order valence-corrected chi connectivity index (χ2v) is 5.25. The Morgan fingerprint density at radius 1 is 1.35 bits per heavy atom. The van der Waals surface area contributed by atoms with Gasteiger partial charge in [0.15, 0.2) is 5.75 Å². The molecule has 0 heterocycles. The molecule has 110 valence electrons. The van der Waals surface area contributed by atoms with Gasteiger partial charge >= 0.3 is 5.69 Å². The summed E-state index contributed by atoms with van der Waals surface area (Å²) in [6.45, 7) is 3.14. The molecule has 0 amide bonds. The van der Waals surface area contributed by atoms with Crippen LogP contribution in [0.5, 0.6) is 5.75 Å². The standard InChI is InChI=1S/C15H22N2O3/c1-2-16-13-9-6-10-14(15(13)17(18)19)20-11-12-7-4-3-5-8-12/h6,9-10,12,16H,2-5,7-8,11H2,1H3. The van der Waals surface area contributed by atoms with E-state index in [1.807, 2.05) is 6.92 Å². The Bertz CT molecular complexity index is 456. The highest BCUT2D eigenvalue weighted by Gasteiger charge is 2.22. The maximum absolute atomic E-state index is 11.3. The van der Waals surface area contributed by atoms with E-state index in [9.17, 15) is 10.1 Å². The van der Waals surface area contributed by atoms with Gasteiger partial charge in [-0.1, -0.05) is 25.3 Å². The van der Waals surface area contributed by atoms with E-state index in [0.717, 1.165) is 0 Å². The lowest BCUT2D eigenvalue weighted by Gasteiger charge is -2.21. The minimum atomic E-state index is -0.367. The SMILES string of the molecule is CCNc1cccc(OCC2CCCCC2)c1[N+](=O)[O-]. The van der Waals surface area contributed by atoms with Gasteiger partial charge in [-0.25, -0.2) is 0 Å². The van der Waals surface area contributed by atoms with Gasteiger partial charge in [0, 0.05) is 6.54 Å². The summed E-state index contributed by atoms with van der Waals surface area (Å²) in [4.78, 5) is 10.9. The summed E-state index contributed by atoms with van der Waals surface area (Å²) in [5, 5.41) is 14.3. The van der Waals surface area contributed by atoms with Crippen molar-refractivity contribution in [3.8, 4) is 5.75 Å². The van der Waals surface area contributed by atoms with Gasteiger partial charge in [0.05, 0.1) is 11.5 Å². The normalized spacial score (nSPS) is 15.8. The Balaban J connectivity index is 2.09. The number of hydrogen-bond acceptors (Lipinski definition) is 4. The van der Waals surface area contributed by atoms with Crippen LogP contribution in [0.15, 0.2) is 18.2 Å². The maximum atomic E-state index is 11.3. The van der Waals surface area contributed by atoms with Gasteiger partial charge in [0.25, 0.3) is 0 Å². The van der Waals surface area contributed by atoms with Crippen molar-refractivity contribution in [3.05, 3.63) is 28.3 Å². The van der Waals surface area contributed by atoms with Crippen LogP contribution in [0.2, 0.25) is 0 Å². The molecule has 2 rings (SSSR count). The molecule has 1 saturated carbocycles. The molecule has 0 atom stereocenters. The molecule has 0 spiro atoms. The highest BCUT2D eigenvalue weighted by molar-refractivity contribution is 5.68. The Labute approximate surface area is 119 Å². The van der Waals surface area contributed by atoms with E-state index in [2.05, 4.69) is 5.32 Å². The quantitative estimate of drug-likeness (QED) is 0.631. The van der Waals surface area contributed by atoms with E-state index in [-0.39, 0.29) is 10.6 Å². The molecule has 1 N–H and O–H groups in total. The highest BCUT2D eigenvalue weighted by atomic mass is 16.6. The molecular formula is C15H22N2O3. The fourth-order valence-electron chi connectivity index (χ4n) is 2.72. The number of ether oxygens (including phenoxy) is 1. The zero-order valence-corrected chi connectivity index (χ0v) is 11.9. The summed E-state index contributed by atoms with van der Waals surface area (Å²) in [7, 11) is 0. The molecule has 20 heavy (non-hydrogen) atoms. The molecule has 1 fully saturated rings. The molecule has 0 radical (unpaired) electrons. The van der Waals surface area contributed by atoms with Crippen molar-refractivity contribution in [2.45, 2.75) is 39.0 Å². The largest absolute Gasteiger partial charge is 0.486 e. The topological polar surface area (TPSA) is 64.4 Å². The molecule has 1 aromatic rings. The first-order valence-corrected chi connectivity index (χ1v) is 7.36. The van der Waals surface area contributed by atoms with Crippen LogP contribution < -0.4 is 10.1 Å². The molecule has 1 aliphatic carbocycles. The molecule has 0 saturated heterocycles. The van der Waals surface area contributed by atoms with Crippen molar-refractivity contribution < 1.29 is 9.66 Å². The number of rotatable bonds is 6. The third-order valence-corrected chi connectivity index (χ3v) is 3.75. The van der Waals surface area contributed by atoms with E-state index in [1.54, 1.807) is 18.2 Å². The van der Waals surface area contributed by atoms with Gasteiger partial charge in [0.2, 0.25) is 0 Å². The molecule has 1 aliphatic rings. The summed E-state index contributed by atoms with van der Waals surface area (Å²) in [6.07, 6.45) is 6.12. The summed E-state index contributed by atoms with van der Waals surface area (Å²) in [5.74, 6) is 0.908. The third-order valence-electron chi connectivity index (χ3n) is 3.75. The van der Waals surface area contributed by atoms with E-state index >= 15 is 0 Å². The average Bonchev–Trinajstić information content (AvgIpc) is 2.46. The first kappa shape index (κ1) is 14.6. The minimum absolute atomic E-state index is 0.0464. The van der Waals surface area contributed by atoms with Crippen molar-refractivity contribution in [1.82, 2.24) is 0 Å². The molecule has 1 aromatic carbocycles. The number of nitro benzene ring substituents is 1. The minimum Gasteiger partial charge on any atom is -0.486 e. The fourth-order valence-corrected chi connectivity index (χ4v) is 2.72. The predicted octanol–water partition coefficient (Wildman–Crippen LogP) is 3.99. The zero-order valence-electron chi connectivity index (χ0n) is 11.9. The summed E-state index contributed by atoms with van der Waals surface area (Å²) in [6, 6.07) is 5.19. The van der Waals surface area contributed by atoms with E-state index in [4.69, 9.17) is 4.74 Å². The van der Waals surface area contributed by atoms with Crippen molar-refractivity contribution in [1.29, 1.82) is 0 Å². The number of anilines is 1. The number of hydrogen-bond donors (Lipinski definition) is 1. The van der Waals surface area contributed by atoms with Crippen LogP contribution in [0.1, 0.15) is 39.0 Å². The van der Waals surface area contributed by atoms with Crippen LogP contribution in [0.3, 0.4) is 0 Å². The molecule has 0 aliphatic heterocycles. The van der Waals surface area contributed by atoms with E-state index in [0.29, 0.717) is 30.5 Å². The lowest BCUT2D eigenvalue weighted by Crippen LogP contribution is -2.16. The monoisotopic (exact) mass is 278 g/mol. The highest BCUT2D eigenvalue weighted by Crippen LogP contribution is 2.35. The van der Waals surface area contributed by atoms with Crippen LogP contribution in [-0.2, 0) is 0 Å². The zero-order chi connectivity index (χ0) is 14.4. The number of nitrogens with one attached hydrogen (secondary N) is 1. The predicted molar refractivity (Wildman–Crippen MR) is 79.3 cm³/mol. The first-order chi connectivity index (χ1) is 9.72. The van der Waals surface area contributed by atoms with Crippen molar-refractivity contribution in [3.63, 3.8) is 0 Å². The second kappa shape index (κ2) is 7.12. The molecule has 0 unspecified atom stereocenters. The Kier molecular flexibility index (Phi) is 5.21. The molecule has 0 bridgehead atoms.